The maximum absolute atomic E-state index is 12.3. The molecule has 0 atom stereocenters. The van der Waals surface area contributed by atoms with Crippen LogP contribution >= 0.6 is 15.9 Å². The molecule has 0 aliphatic carbocycles. The predicted octanol–water partition coefficient (Wildman–Crippen LogP) is 3.63. The Balaban J connectivity index is 5.42. The third-order valence-corrected chi connectivity index (χ3v) is 3.49. The third kappa shape index (κ3) is 5.65. The highest BCUT2D eigenvalue weighted by Gasteiger charge is 2.47. The van der Waals surface area contributed by atoms with Crippen LogP contribution in [0.4, 0.5) is 0 Å². The number of halogens is 1. The minimum Gasteiger partial charge on any atom is -0.465 e. The van der Waals surface area contributed by atoms with E-state index in [9.17, 15) is 9.59 Å². The molecule has 0 heterocycles. The van der Waals surface area contributed by atoms with Gasteiger partial charge in [0.2, 0.25) is 0 Å². The molecule has 0 saturated heterocycles. The van der Waals surface area contributed by atoms with Crippen LogP contribution in [0.25, 0.3) is 0 Å². The second-order valence-electron chi connectivity index (χ2n) is 4.80. The molecule has 0 saturated carbocycles. The number of alkyl halides is 1. The Morgan fingerprint density at radius 2 is 1.60 bits per heavy atom. The summed E-state index contributed by atoms with van der Waals surface area (Å²) in [7, 11) is 0. The Labute approximate surface area is 130 Å². The zero-order valence-electron chi connectivity index (χ0n) is 12.8. The number of esters is 2. The summed E-state index contributed by atoms with van der Waals surface area (Å²) >= 11 is 3.34. The minimum atomic E-state index is -1.23. The van der Waals surface area contributed by atoms with E-state index in [2.05, 4.69) is 15.9 Å². The van der Waals surface area contributed by atoms with Gasteiger partial charge in [0.25, 0.3) is 0 Å². The van der Waals surface area contributed by atoms with E-state index in [0.29, 0.717) is 19.3 Å². The van der Waals surface area contributed by atoms with Gasteiger partial charge in [-0.1, -0.05) is 27.6 Å². The largest absolute Gasteiger partial charge is 0.465 e. The van der Waals surface area contributed by atoms with Crippen LogP contribution in [0.5, 0.6) is 0 Å². The minimum absolute atomic E-state index is 0.253. The van der Waals surface area contributed by atoms with E-state index in [4.69, 9.17) is 9.47 Å². The number of carbonyl (C=O) groups is 2. The van der Waals surface area contributed by atoms with E-state index in [1.165, 1.54) is 0 Å². The van der Waals surface area contributed by atoms with Crippen LogP contribution in [0.15, 0.2) is 11.6 Å². The Morgan fingerprint density at radius 1 is 1.10 bits per heavy atom. The summed E-state index contributed by atoms with van der Waals surface area (Å²) in [6.07, 6.45) is 3.33. The van der Waals surface area contributed by atoms with E-state index in [-0.39, 0.29) is 13.2 Å². The van der Waals surface area contributed by atoms with Crippen molar-refractivity contribution in [3.05, 3.63) is 11.6 Å². The lowest BCUT2D eigenvalue weighted by Gasteiger charge is -2.28. The van der Waals surface area contributed by atoms with Crippen LogP contribution in [0, 0.1) is 5.41 Å². The summed E-state index contributed by atoms with van der Waals surface area (Å²) in [6.45, 7) is 7.85. The summed E-state index contributed by atoms with van der Waals surface area (Å²) in [5.74, 6) is -0.978. The lowest BCUT2D eigenvalue weighted by molar-refractivity contribution is -0.172. The molecule has 0 N–H and O–H groups in total. The van der Waals surface area contributed by atoms with E-state index in [1.807, 2.05) is 19.9 Å². The quantitative estimate of drug-likeness (QED) is 0.276. The van der Waals surface area contributed by atoms with E-state index < -0.39 is 17.4 Å². The van der Waals surface area contributed by atoms with Gasteiger partial charge >= 0.3 is 11.9 Å². The molecule has 0 radical (unpaired) electrons. The molecule has 0 bridgehead atoms. The molecule has 0 aliphatic rings. The van der Waals surface area contributed by atoms with E-state index in [0.717, 1.165) is 10.9 Å². The average molecular weight is 349 g/mol. The van der Waals surface area contributed by atoms with Crippen molar-refractivity contribution in [3.8, 4) is 0 Å². The molecule has 0 amide bonds. The maximum atomic E-state index is 12.3. The highest BCUT2D eigenvalue weighted by molar-refractivity contribution is 9.09. The molecule has 0 spiro atoms. The first-order valence-electron chi connectivity index (χ1n) is 6.98. The van der Waals surface area contributed by atoms with Crippen molar-refractivity contribution in [2.75, 3.05) is 18.5 Å². The fourth-order valence-corrected chi connectivity index (χ4v) is 2.12. The maximum Gasteiger partial charge on any atom is 0.323 e. The number of rotatable bonds is 9. The smallest absolute Gasteiger partial charge is 0.323 e. The van der Waals surface area contributed by atoms with Crippen molar-refractivity contribution in [2.45, 2.75) is 47.0 Å². The molecule has 0 aromatic carbocycles. The summed E-state index contributed by atoms with van der Waals surface area (Å²) < 4.78 is 10.2. The fourth-order valence-electron chi connectivity index (χ4n) is 1.84. The third-order valence-electron chi connectivity index (χ3n) is 2.93. The summed E-state index contributed by atoms with van der Waals surface area (Å²) in [6, 6.07) is 0. The van der Waals surface area contributed by atoms with Crippen molar-refractivity contribution in [3.63, 3.8) is 0 Å². The molecular weight excluding hydrogens is 324 g/mol. The van der Waals surface area contributed by atoms with E-state index in [1.54, 1.807) is 13.8 Å². The SMILES string of the molecule is CCOC(=O)C(CC=C(C)C)(CCCBr)C(=O)OCC. The molecule has 0 aromatic rings. The van der Waals surface area contributed by atoms with Crippen LogP contribution in [0.3, 0.4) is 0 Å². The molecule has 0 aromatic heterocycles. The standard InChI is InChI=1S/C15H25BrO4/c1-5-19-13(17)15(9-7-11-16,10-8-12(3)4)14(18)20-6-2/h8H,5-7,9-11H2,1-4H3. The number of carbonyl (C=O) groups excluding carboxylic acids is 2. The van der Waals surface area contributed by atoms with Gasteiger partial charge in [0, 0.05) is 5.33 Å². The number of allylic oxidation sites excluding steroid dienone is 2. The lowest BCUT2D eigenvalue weighted by Crippen LogP contribution is -2.42. The lowest BCUT2D eigenvalue weighted by atomic mass is 9.79. The molecule has 0 fully saturated rings. The first-order valence-corrected chi connectivity index (χ1v) is 8.10. The van der Waals surface area contributed by atoms with Gasteiger partial charge in [-0.05, 0) is 47.0 Å². The normalized spacial score (nSPS) is 10.8. The highest BCUT2D eigenvalue weighted by Crippen LogP contribution is 2.33. The van der Waals surface area contributed by atoms with Crippen molar-refractivity contribution >= 4 is 27.9 Å². The van der Waals surface area contributed by atoms with Gasteiger partial charge in [-0.3, -0.25) is 9.59 Å². The van der Waals surface area contributed by atoms with E-state index >= 15 is 0 Å². The molecule has 0 unspecified atom stereocenters. The van der Waals surface area contributed by atoms with Crippen LogP contribution in [-0.2, 0) is 19.1 Å². The molecule has 0 rings (SSSR count). The highest BCUT2D eigenvalue weighted by atomic mass is 79.9. The molecule has 4 nitrogen and oxygen atoms in total. The Bertz CT molecular complexity index is 328. The van der Waals surface area contributed by atoms with Crippen LogP contribution in [-0.4, -0.2) is 30.5 Å². The van der Waals surface area contributed by atoms with Crippen LogP contribution in [0.1, 0.15) is 47.0 Å². The van der Waals surface area contributed by atoms with Crippen molar-refractivity contribution < 1.29 is 19.1 Å². The number of ether oxygens (including phenoxy) is 2. The van der Waals surface area contributed by atoms with Gasteiger partial charge in [-0.2, -0.15) is 0 Å². The second-order valence-corrected chi connectivity index (χ2v) is 5.59. The number of hydrogen-bond donors (Lipinski definition) is 0. The Morgan fingerprint density at radius 3 is 1.95 bits per heavy atom. The summed E-state index contributed by atoms with van der Waals surface area (Å²) in [5, 5.41) is 0.725. The molecule has 116 valence electrons. The average Bonchev–Trinajstić information content (AvgIpc) is 2.39. The van der Waals surface area contributed by atoms with Gasteiger partial charge in [0.1, 0.15) is 0 Å². The summed E-state index contributed by atoms with van der Waals surface area (Å²) in [4.78, 5) is 24.7. The van der Waals surface area contributed by atoms with Gasteiger partial charge in [0.05, 0.1) is 13.2 Å². The molecule has 20 heavy (non-hydrogen) atoms. The van der Waals surface area contributed by atoms with Crippen molar-refractivity contribution in [1.82, 2.24) is 0 Å². The van der Waals surface area contributed by atoms with Gasteiger partial charge in [-0.15, -0.1) is 0 Å². The zero-order chi connectivity index (χ0) is 15.6. The van der Waals surface area contributed by atoms with Crippen molar-refractivity contribution in [2.24, 2.45) is 5.41 Å². The molecule has 5 heteroatoms. The first-order chi connectivity index (χ1) is 9.44. The topological polar surface area (TPSA) is 52.6 Å². The number of hydrogen-bond acceptors (Lipinski definition) is 4. The molecular formula is C15H25BrO4. The second kappa shape index (κ2) is 9.97. The summed E-state index contributed by atoms with van der Waals surface area (Å²) in [5.41, 5.74) is -0.168. The van der Waals surface area contributed by atoms with Gasteiger partial charge in [0.15, 0.2) is 5.41 Å². The Kier molecular flexibility index (Phi) is 9.55. The van der Waals surface area contributed by atoms with Gasteiger partial charge < -0.3 is 9.47 Å². The van der Waals surface area contributed by atoms with Crippen LogP contribution < -0.4 is 0 Å². The van der Waals surface area contributed by atoms with Crippen molar-refractivity contribution in [1.29, 1.82) is 0 Å². The zero-order valence-corrected chi connectivity index (χ0v) is 14.4. The molecule has 0 aliphatic heterocycles. The predicted molar refractivity (Wildman–Crippen MR) is 82.8 cm³/mol. The fraction of sp³-hybridized carbons (Fsp3) is 0.733. The Hall–Kier alpha value is -0.840. The first kappa shape index (κ1) is 19.2. The van der Waals surface area contributed by atoms with Crippen LogP contribution in [0.2, 0.25) is 0 Å². The van der Waals surface area contributed by atoms with Gasteiger partial charge in [-0.25, -0.2) is 0 Å². The monoisotopic (exact) mass is 348 g/mol.